The zero-order chi connectivity index (χ0) is 30.0. The molecule has 2 rings (SSSR count). The summed E-state index contributed by atoms with van der Waals surface area (Å²) in [5, 5.41) is 23.4. The van der Waals surface area contributed by atoms with E-state index in [2.05, 4.69) is 134 Å². The van der Waals surface area contributed by atoms with Crippen LogP contribution in [0.25, 0.3) is 0 Å². The zero-order valence-electron chi connectivity index (χ0n) is 26.5. The van der Waals surface area contributed by atoms with Crippen LogP contribution in [0.2, 0.25) is 23.2 Å². The SMILES string of the molecule is C[C@H](CCCCC[C@@H](O)[C@H](O)C#CCO[Si](C)(C)C(C)(C)C)O[Si](c1ccccc1)(c1ccccc1)C(C)(C)C. The number of benzene rings is 2. The molecule has 0 aliphatic heterocycles. The molecule has 2 aromatic rings. The minimum Gasteiger partial charge on any atom is -0.406 e. The molecule has 6 heteroatoms. The molecule has 0 bridgehead atoms. The molecule has 4 nitrogen and oxygen atoms in total. The van der Waals surface area contributed by atoms with Crippen LogP contribution in [-0.2, 0) is 8.85 Å². The second-order valence-corrected chi connectivity index (χ2v) is 22.7. The smallest absolute Gasteiger partial charge is 0.261 e. The van der Waals surface area contributed by atoms with E-state index in [1.807, 2.05) is 0 Å². The molecule has 0 saturated carbocycles. The summed E-state index contributed by atoms with van der Waals surface area (Å²) in [5.74, 6) is 5.69. The summed E-state index contributed by atoms with van der Waals surface area (Å²) in [6, 6.07) is 21.5. The van der Waals surface area contributed by atoms with Crippen LogP contribution in [0.4, 0.5) is 0 Å². The summed E-state index contributed by atoms with van der Waals surface area (Å²) >= 11 is 0. The lowest BCUT2D eigenvalue weighted by atomic mass is 10.0. The van der Waals surface area contributed by atoms with Gasteiger partial charge in [-0.15, -0.1) is 0 Å². The molecule has 0 heterocycles. The second-order valence-electron chi connectivity index (χ2n) is 13.6. The van der Waals surface area contributed by atoms with Gasteiger partial charge >= 0.3 is 0 Å². The topological polar surface area (TPSA) is 58.9 Å². The minimum atomic E-state index is -2.55. The standard InChI is InChI=1S/C34H54O4Si2/c1-28(20-13-10-18-25-31(35)32(36)26-19-27-37-39(8,9)33(2,3)4)38-40(34(5,6)7,29-21-14-11-15-22-29)30-23-16-12-17-24-30/h11-12,14-17,21-24,28,31-32,35-36H,10,13,18,20,25,27H2,1-9H3/t28-,31-,32-/m1/s1. The maximum absolute atomic E-state index is 10.4. The van der Waals surface area contributed by atoms with Crippen LogP contribution in [0.3, 0.4) is 0 Å². The molecule has 2 N–H and O–H groups in total. The number of aliphatic hydroxyl groups excluding tert-OH is 2. The highest BCUT2D eigenvalue weighted by molar-refractivity contribution is 6.99. The van der Waals surface area contributed by atoms with Gasteiger partial charge in [-0.25, -0.2) is 0 Å². The summed E-state index contributed by atoms with van der Waals surface area (Å²) in [7, 11) is -4.41. The first-order valence-electron chi connectivity index (χ1n) is 14.9. The Kier molecular flexibility index (Phi) is 12.9. The van der Waals surface area contributed by atoms with Gasteiger partial charge in [0.05, 0.1) is 12.7 Å². The van der Waals surface area contributed by atoms with Crippen molar-refractivity contribution in [3.05, 3.63) is 60.7 Å². The third-order valence-electron chi connectivity index (χ3n) is 8.33. The van der Waals surface area contributed by atoms with Gasteiger partial charge in [-0.05, 0) is 53.3 Å². The summed E-state index contributed by atoms with van der Waals surface area (Å²) in [5.41, 5.74) is 0. The van der Waals surface area contributed by atoms with Crippen LogP contribution >= 0.6 is 0 Å². The normalized spacial score (nSPS) is 15.2. The third-order valence-corrected chi connectivity index (χ3v) is 18.0. The first kappa shape index (κ1) is 34.5. The lowest BCUT2D eigenvalue weighted by Crippen LogP contribution is -2.67. The van der Waals surface area contributed by atoms with Gasteiger partial charge in [-0.3, -0.25) is 0 Å². The molecular formula is C34H54O4Si2. The molecule has 0 aliphatic carbocycles. The van der Waals surface area contributed by atoms with E-state index < -0.39 is 28.8 Å². The van der Waals surface area contributed by atoms with Crippen LogP contribution < -0.4 is 10.4 Å². The van der Waals surface area contributed by atoms with E-state index in [1.165, 1.54) is 10.4 Å². The van der Waals surface area contributed by atoms with Gasteiger partial charge in [0.2, 0.25) is 0 Å². The van der Waals surface area contributed by atoms with E-state index in [4.69, 9.17) is 8.85 Å². The maximum Gasteiger partial charge on any atom is 0.261 e. The van der Waals surface area contributed by atoms with Gasteiger partial charge in [0.25, 0.3) is 8.32 Å². The molecule has 0 aromatic heterocycles. The molecule has 40 heavy (non-hydrogen) atoms. The predicted molar refractivity (Wildman–Crippen MR) is 174 cm³/mol. The molecule has 0 amide bonds. The number of unbranched alkanes of at least 4 members (excludes halogenated alkanes) is 2. The Bertz CT molecular complexity index is 1020. The summed E-state index contributed by atoms with van der Waals surface area (Å²) in [4.78, 5) is 0. The first-order chi connectivity index (χ1) is 18.6. The number of rotatable bonds is 13. The van der Waals surface area contributed by atoms with E-state index in [0.29, 0.717) is 13.0 Å². The fraction of sp³-hybridized carbons (Fsp3) is 0.588. The molecule has 222 valence electrons. The second kappa shape index (κ2) is 15.0. The van der Waals surface area contributed by atoms with Crippen LogP contribution in [-0.4, -0.2) is 51.8 Å². The van der Waals surface area contributed by atoms with Crippen LogP contribution in [0.5, 0.6) is 0 Å². The Balaban J connectivity index is 1.90. The first-order valence-corrected chi connectivity index (χ1v) is 19.7. The van der Waals surface area contributed by atoms with Crippen LogP contribution in [0.1, 0.15) is 80.6 Å². The van der Waals surface area contributed by atoms with Crippen molar-refractivity contribution >= 4 is 27.0 Å². The molecule has 0 aliphatic rings. The molecule has 0 saturated heterocycles. The van der Waals surface area contributed by atoms with Crippen LogP contribution in [0, 0.1) is 11.8 Å². The highest BCUT2D eigenvalue weighted by Crippen LogP contribution is 2.38. The summed E-state index contributed by atoms with van der Waals surface area (Å²) in [6.45, 7) is 20.3. The van der Waals surface area contributed by atoms with Gasteiger partial charge in [-0.2, -0.15) is 0 Å². The predicted octanol–water partition coefficient (Wildman–Crippen LogP) is 6.65. The molecule has 0 unspecified atom stereocenters. The molecule has 2 aromatic carbocycles. The number of hydrogen-bond donors (Lipinski definition) is 2. The van der Waals surface area contributed by atoms with Crippen molar-refractivity contribution in [1.82, 2.24) is 0 Å². The van der Waals surface area contributed by atoms with Crippen molar-refractivity contribution < 1.29 is 19.1 Å². The molecule has 0 spiro atoms. The van der Waals surface area contributed by atoms with E-state index >= 15 is 0 Å². The minimum absolute atomic E-state index is 0.0407. The Morgan fingerprint density at radius 2 is 1.25 bits per heavy atom. The van der Waals surface area contributed by atoms with Crippen molar-refractivity contribution in [2.75, 3.05) is 6.61 Å². The zero-order valence-corrected chi connectivity index (χ0v) is 28.5. The third kappa shape index (κ3) is 9.40. The fourth-order valence-electron chi connectivity index (χ4n) is 4.85. The van der Waals surface area contributed by atoms with E-state index in [1.54, 1.807) is 0 Å². The number of hydrogen-bond acceptors (Lipinski definition) is 4. The molecule has 3 atom stereocenters. The van der Waals surface area contributed by atoms with Crippen molar-refractivity contribution in [3.63, 3.8) is 0 Å². The summed E-state index contributed by atoms with van der Waals surface area (Å²) in [6.07, 6.45) is 2.53. The Hall–Kier alpha value is -1.73. The lowest BCUT2D eigenvalue weighted by Gasteiger charge is -2.44. The highest BCUT2D eigenvalue weighted by atomic mass is 28.4. The van der Waals surface area contributed by atoms with E-state index in [9.17, 15) is 10.2 Å². The van der Waals surface area contributed by atoms with Gasteiger partial charge in [0.15, 0.2) is 8.32 Å². The van der Waals surface area contributed by atoms with Crippen molar-refractivity contribution in [1.29, 1.82) is 0 Å². The molecule has 0 fully saturated rings. The van der Waals surface area contributed by atoms with Crippen molar-refractivity contribution in [2.45, 2.75) is 122 Å². The van der Waals surface area contributed by atoms with Gasteiger partial charge in [0.1, 0.15) is 6.10 Å². The fourth-order valence-corrected chi connectivity index (χ4v) is 10.4. The van der Waals surface area contributed by atoms with Gasteiger partial charge in [0, 0.05) is 6.10 Å². The number of aliphatic hydroxyl groups is 2. The highest BCUT2D eigenvalue weighted by Gasteiger charge is 2.50. The van der Waals surface area contributed by atoms with Gasteiger partial charge < -0.3 is 19.1 Å². The Morgan fingerprint density at radius 1 is 0.750 bits per heavy atom. The van der Waals surface area contributed by atoms with Gasteiger partial charge in [-0.1, -0.05) is 133 Å². The largest absolute Gasteiger partial charge is 0.406 e. The average Bonchev–Trinajstić information content (AvgIpc) is 2.89. The Morgan fingerprint density at radius 3 is 1.73 bits per heavy atom. The van der Waals surface area contributed by atoms with Crippen molar-refractivity contribution in [3.8, 4) is 11.8 Å². The lowest BCUT2D eigenvalue weighted by molar-refractivity contribution is 0.0466. The average molecular weight is 583 g/mol. The summed E-state index contributed by atoms with van der Waals surface area (Å²) < 4.78 is 13.2. The molecular weight excluding hydrogens is 529 g/mol. The monoisotopic (exact) mass is 582 g/mol. The van der Waals surface area contributed by atoms with E-state index in [-0.39, 0.29) is 16.2 Å². The van der Waals surface area contributed by atoms with Crippen molar-refractivity contribution in [2.24, 2.45) is 0 Å². The quantitative estimate of drug-likeness (QED) is 0.158. The molecule has 0 radical (unpaired) electrons. The maximum atomic E-state index is 10.4. The van der Waals surface area contributed by atoms with E-state index in [0.717, 1.165) is 25.7 Å². The van der Waals surface area contributed by atoms with Crippen LogP contribution in [0.15, 0.2) is 60.7 Å². The Labute approximate surface area is 246 Å².